The topological polar surface area (TPSA) is 53.0 Å². The van der Waals surface area contributed by atoms with Crippen molar-refractivity contribution in [2.75, 3.05) is 46.9 Å². The maximum absolute atomic E-state index is 12.5. The molecule has 0 atom stereocenters. The van der Waals surface area contributed by atoms with Gasteiger partial charge in [0.1, 0.15) is 12.4 Å². The summed E-state index contributed by atoms with van der Waals surface area (Å²) in [5, 5.41) is 8.80. The molecule has 112 valence electrons. The Balaban J connectivity index is 2.21. The Kier molecular flexibility index (Phi) is 5.20. The van der Waals surface area contributed by atoms with Gasteiger partial charge in [0.15, 0.2) is 0 Å². The lowest BCUT2D eigenvalue weighted by Gasteiger charge is -2.32. The zero-order valence-electron chi connectivity index (χ0n) is 12.4. The molecule has 1 aliphatic heterocycles. The van der Waals surface area contributed by atoms with E-state index >= 15 is 0 Å². The first-order chi connectivity index (χ1) is 10.2. The summed E-state index contributed by atoms with van der Waals surface area (Å²) in [4.78, 5) is 16.6. The molecule has 2 rings (SSSR count). The number of hydrogen-bond donors (Lipinski definition) is 1. The van der Waals surface area contributed by atoms with E-state index in [1.165, 1.54) is 0 Å². The minimum atomic E-state index is -0.222. The van der Waals surface area contributed by atoms with Crippen molar-refractivity contribution < 1.29 is 14.6 Å². The molecular weight excluding hydrogens is 268 g/mol. The predicted molar refractivity (Wildman–Crippen MR) is 80.4 cm³/mol. The van der Waals surface area contributed by atoms with Gasteiger partial charge in [-0.1, -0.05) is 11.8 Å². The first-order valence-electron chi connectivity index (χ1n) is 6.91. The molecule has 5 nitrogen and oxygen atoms in total. The lowest BCUT2D eigenvalue weighted by molar-refractivity contribution is 0.0664. The fourth-order valence-electron chi connectivity index (χ4n) is 2.27. The van der Waals surface area contributed by atoms with Crippen LogP contribution in [0.3, 0.4) is 0 Å². The molecule has 0 saturated carbocycles. The van der Waals surface area contributed by atoms with Crippen LogP contribution in [0.25, 0.3) is 0 Å². The van der Waals surface area contributed by atoms with Gasteiger partial charge in [0.05, 0.1) is 12.7 Å². The van der Waals surface area contributed by atoms with Crippen LogP contribution in [0.1, 0.15) is 15.9 Å². The van der Waals surface area contributed by atoms with Gasteiger partial charge in [-0.25, -0.2) is 0 Å². The van der Waals surface area contributed by atoms with Gasteiger partial charge in [-0.15, -0.1) is 0 Å². The molecule has 0 unspecified atom stereocenters. The number of ether oxygens (including phenoxy) is 1. The van der Waals surface area contributed by atoms with Gasteiger partial charge >= 0.3 is 0 Å². The molecule has 1 aromatic carbocycles. The minimum absolute atomic E-state index is 0.0119. The molecule has 0 spiro atoms. The number of carbonyl (C=O) groups is 1. The van der Waals surface area contributed by atoms with Gasteiger partial charge in [-0.2, -0.15) is 0 Å². The van der Waals surface area contributed by atoms with E-state index in [0.717, 1.165) is 26.2 Å². The number of amides is 1. The summed E-state index contributed by atoms with van der Waals surface area (Å²) >= 11 is 0. The highest BCUT2D eigenvalue weighted by Gasteiger charge is 2.20. The van der Waals surface area contributed by atoms with Gasteiger partial charge < -0.3 is 19.6 Å². The number of carbonyl (C=O) groups excluding carboxylic acids is 1. The maximum Gasteiger partial charge on any atom is 0.253 e. The van der Waals surface area contributed by atoms with Gasteiger partial charge in [0.25, 0.3) is 5.91 Å². The Morgan fingerprint density at radius 1 is 1.33 bits per heavy atom. The van der Waals surface area contributed by atoms with E-state index in [1.54, 1.807) is 25.3 Å². The summed E-state index contributed by atoms with van der Waals surface area (Å²) in [6, 6.07) is 5.22. The van der Waals surface area contributed by atoms with Crippen LogP contribution in [-0.4, -0.2) is 67.8 Å². The molecule has 1 aliphatic rings. The van der Waals surface area contributed by atoms with Crippen molar-refractivity contribution in [3.8, 4) is 17.6 Å². The first kappa shape index (κ1) is 15.4. The molecule has 0 aromatic heterocycles. The predicted octanol–water partition coefficient (Wildman–Crippen LogP) is 0.427. The average Bonchev–Trinajstić information content (AvgIpc) is 2.52. The van der Waals surface area contributed by atoms with Crippen LogP contribution in [-0.2, 0) is 0 Å². The van der Waals surface area contributed by atoms with Crippen molar-refractivity contribution in [3.05, 3.63) is 29.3 Å². The highest BCUT2D eigenvalue weighted by molar-refractivity contribution is 5.95. The van der Waals surface area contributed by atoms with Crippen molar-refractivity contribution in [1.29, 1.82) is 0 Å². The zero-order valence-corrected chi connectivity index (χ0v) is 12.4. The van der Waals surface area contributed by atoms with Gasteiger partial charge in [0, 0.05) is 31.7 Å². The standard InChI is InChI=1S/C16H20N2O3/c1-17-7-9-18(10-8-17)16(20)14-5-6-15(21-2)13(12-14)4-3-11-19/h5-6,12,19H,7-11H2,1-2H3. The Morgan fingerprint density at radius 3 is 2.67 bits per heavy atom. The fraction of sp³-hybridized carbons (Fsp3) is 0.438. The van der Waals surface area contributed by atoms with Crippen LogP contribution in [0.4, 0.5) is 0 Å². The van der Waals surface area contributed by atoms with E-state index in [9.17, 15) is 4.79 Å². The maximum atomic E-state index is 12.5. The second-order valence-corrected chi connectivity index (χ2v) is 4.97. The van der Waals surface area contributed by atoms with Crippen molar-refractivity contribution in [3.63, 3.8) is 0 Å². The molecule has 1 N–H and O–H groups in total. The molecule has 21 heavy (non-hydrogen) atoms. The van der Waals surface area contributed by atoms with Gasteiger partial charge in [-0.05, 0) is 25.2 Å². The Labute approximate surface area is 125 Å². The third kappa shape index (κ3) is 3.75. The van der Waals surface area contributed by atoms with E-state index in [1.807, 2.05) is 4.90 Å². The van der Waals surface area contributed by atoms with Crippen LogP contribution >= 0.6 is 0 Å². The molecule has 1 amide bonds. The summed E-state index contributed by atoms with van der Waals surface area (Å²) in [5.41, 5.74) is 1.22. The summed E-state index contributed by atoms with van der Waals surface area (Å²) < 4.78 is 5.22. The lowest BCUT2D eigenvalue weighted by Crippen LogP contribution is -2.47. The quantitative estimate of drug-likeness (QED) is 0.802. The van der Waals surface area contributed by atoms with Gasteiger partial charge in [-0.3, -0.25) is 4.79 Å². The summed E-state index contributed by atoms with van der Waals surface area (Å²) in [6.07, 6.45) is 0. The number of methoxy groups -OCH3 is 1. The van der Waals surface area contributed by atoms with E-state index in [4.69, 9.17) is 9.84 Å². The summed E-state index contributed by atoms with van der Waals surface area (Å²) in [6.45, 7) is 3.02. The molecule has 1 heterocycles. The van der Waals surface area contributed by atoms with Crippen LogP contribution in [0.2, 0.25) is 0 Å². The lowest BCUT2D eigenvalue weighted by atomic mass is 10.1. The van der Waals surface area contributed by atoms with Gasteiger partial charge in [0.2, 0.25) is 0 Å². The van der Waals surface area contributed by atoms with Crippen molar-refractivity contribution in [1.82, 2.24) is 9.80 Å². The van der Waals surface area contributed by atoms with E-state index in [-0.39, 0.29) is 12.5 Å². The molecule has 1 saturated heterocycles. The Hall–Kier alpha value is -2.03. The fourth-order valence-corrected chi connectivity index (χ4v) is 2.27. The van der Waals surface area contributed by atoms with Crippen molar-refractivity contribution in [2.45, 2.75) is 0 Å². The highest BCUT2D eigenvalue weighted by atomic mass is 16.5. The third-order valence-electron chi connectivity index (χ3n) is 3.54. The Morgan fingerprint density at radius 2 is 2.05 bits per heavy atom. The Bertz CT molecular complexity index is 567. The van der Waals surface area contributed by atoms with Crippen LogP contribution < -0.4 is 4.74 Å². The highest BCUT2D eigenvalue weighted by Crippen LogP contribution is 2.20. The normalized spacial score (nSPS) is 15.3. The molecule has 1 aromatic rings. The van der Waals surface area contributed by atoms with E-state index < -0.39 is 0 Å². The minimum Gasteiger partial charge on any atom is -0.495 e. The average molecular weight is 288 g/mol. The monoisotopic (exact) mass is 288 g/mol. The largest absolute Gasteiger partial charge is 0.495 e. The van der Waals surface area contributed by atoms with Crippen molar-refractivity contribution >= 4 is 5.91 Å². The summed E-state index contributed by atoms with van der Waals surface area (Å²) in [5.74, 6) is 6.01. The molecule has 0 radical (unpaired) electrons. The third-order valence-corrected chi connectivity index (χ3v) is 3.54. The smallest absolute Gasteiger partial charge is 0.253 e. The second-order valence-electron chi connectivity index (χ2n) is 4.97. The number of rotatable bonds is 2. The van der Waals surface area contributed by atoms with E-state index in [2.05, 4.69) is 23.8 Å². The molecular formula is C16H20N2O3. The second kappa shape index (κ2) is 7.11. The number of likely N-dealkylation sites (N-methyl/N-ethyl adjacent to an activating group) is 1. The zero-order chi connectivity index (χ0) is 15.2. The van der Waals surface area contributed by atoms with E-state index in [0.29, 0.717) is 16.9 Å². The van der Waals surface area contributed by atoms with Crippen LogP contribution in [0, 0.1) is 11.8 Å². The molecule has 0 bridgehead atoms. The number of hydrogen-bond acceptors (Lipinski definition) is 4. The SMILES string of the molecule is COc1ccc(C(=O)N2CCN(C)CC2)cc1C#CCO. The first-order valence-corrected chi connectivity index (χ1v) is 6.91. The number of nitrogens with zero attached hydrogens (tertiary/aromatic N) is 2. The number of piperazine rings is 1. The number of benzene rings is 1. The van der Waals surface area contributed by atoms with Crippen LogP contribution in [0.5, 0.6) is 5.75 Å². The summed E-state index contributed by atoms with van der Waals surface area (Å²) in [7, 11) is 3.61. The van der Waals surface area contributed by atoms with Crippen LogP contribution in [0.15, 0.2) is 18.2 Å². The number of aliphatic hydroxyl groups excluding tert-OH is 1. The number of aliphatic hydroxyl groups is 1. The van der Waals surface area contributed by atoms with Crippen molar-refractivity contribution in [2.24, 2.45) is 0 Å². The molecule has 0 aliphatic carbocycles. The molecule has 5 heteroatoms. The molecule has 1 fully saturated rings.